The summed E-state index contributed by atoms with van der Waals surface area (Å²) in [5, 5.41) is 16.6. The van der Waals surface area contributed by atoms with Gasteiger partial charge in [-0.05, 0) is 71.1 Å². The van der Waals surface area contributed by atoms with Crippen LogP contribution in [-0.4, -0.2) is 57.8 Å². The molecule has 1 saturated heterocycles. The lowest BCUT2D eigenvalue weighted by Crippen LogP contribution is -2.45. The number of Topliss-reactive ketones (excluding diaryl/α,β-unsaturated/α-hetero) is 1. The molecule has 4 rings (SSSR count). The standard InChI is InChI=1S/C30H38N6O4/c1-7-39-23-14-24(27-22(16-31)18-33-36(27)19-23)21-8-9-26(32-17-21)35-12-10-30(6,11-13-35)15-25(37)20(2)34-28(38)40-29(3,4)5/h8-9,14,17-20H,7,10-13,15H2,1-6H3,(H,34,38)/t20-/m0/s1. The first kappa shape index (κ1) is 28.9. The van der Waals surface area contributed by atoms with Gasteiger partial charge in [0, 0.05) is 36.8 Å². The minimum Gasteiger partial charge on any atom is -0.492 e. The van der Waals surface area contributed by atoms with Crippen molar-refractivity contribution in [2.75, 3.05) is 24.6 Å². The number of nitrogens with one attached hydrogen (secondary N) is 1. The highest BCUT2D eigenvalue weighted by Crippen LogP contribution is 2.37. The van der Waals surface area contributed by atoms with Crippen molar-refractivity contribution < 1.29 is 19.1 Å². The number of fused-ring (bicyclic) bond motifs is 1. The van der Waals surface area contributed by atoms with Crippen LogP contribution in [0.15, 0.2) is 36.8 Å². The fraction of sp³-hybridized carbons (Fsp3) is 0.500. The molecule has 212 valence electrons. The van der Waals surface area contributed by atoms with Crippen LogP contribution in [0.5, 0.6) is 5.75 Å². The maximum atomic E-state index is 12.9. The first-order chi connectivity index (χ1) is 18.9. The molecule has 0 radical (unpaired) electrons. The highest BCUT2D eigenvalue weighted by atomic mass is 16.6. The number of hydrogen-bond donors (Lipinski definition) is 1. The van der Waals surface area contributed by atoms with Crippen molar-refractivity contribution in [3.8, 4) is 22.9 Å². The SMILES string of the molecule is CCOc1cc(-c2ccc(N3CCC(C)(CC(=O)[C@H](C)NC(=O)OC(C)(C)C)CC3)nc2)c2c(C#N)cnn2c1. The topological polar surface area (TPSA) is 122 Å². The van der Waals surface area contributed by atoms with E-state index in [0.29, 0.717) is 29.9 Å². The smallest absolute Gasteiger partial charge is 0.408 e. The maximum absolute atomic E-state index is 12.9. The van der Waals surface area contributed by atoms with Gasteiger partial charge in [-0.3, -0.25) is 4.79 Å². The highest BCUT2D eigenvalue weighted by molar-refractivity contribution is 5.87. The summed E-state index contributed by atoms with van der Waals surface area (Å²) >= 11 is 0. The van der Waals surface area contributed by atoms with Crippen LogP contribution in [-0.2, 0) is 9.53 Å². The zero-order valence-corrected chi connectivity index (χ0v) is 24.2. The van der Waals surface area contributed by atoms with Gasteiger partial charge in [-0.15, -0.1) is 0 Å². The van der Waals surface area contributed by atoms with Crippen molar-refractivity contribution in [2.45, 2.75) is 72.4 Å². The molecule has 10 heteroatoms. The summed E-state index contributed by atoms with van der Waals surface area (Å²) in [6.45, 7) is 13.2. The quantitative estimate of drug-likeness (QED) is 0.412. The van der Waals surface area contributed by atoms with Gasteiger partial charge in [0.25, 0.3) is 0 Å². The van der Waals surface area contributed by atoms with Crippen molar-refractivity contribution >= 4 is 23.2 Å². The largest absolute Gasteiger partial charge is 0.492 e. The molecule has 0 bridgehead atoms. The third-order valence-electron chi connectivity index (χ3n) is 7.19. The number of carbonyl (C=O) groups excluding carboxylic acids is 2. The molecule has 1 atom stereocenters. The second-order valence-corrected chi connectivity index (χ2v) is 11.7. The number of nitrogens with zero attached hydrogens (tertiary/aromatic N) is 5. The minimum atomic E-state index is -0.614. The van der Waals surface area contributed by atoms with Crippen LogP contribution in [0.1, 0.15) is 66.4 Å². The van der Waals surface area contributed by atoms with Gasteiger partial charge >= 0.3 is 6.09 Å². The summed E-state index contributed by atoms with van der Waals surface area (Å²) in [7, 11) is 0. The van der Waals surface area contributed by atoms with Crippen molar-refractivity contribution in [3.05, 3.63) is 42.4 Å². The molecule has 1 aliphatic heterocycles. The average Bonchev–Trinajstić information content (AvgIpc) is 3.31. The predicted octanol–water partition coefficient (Wildman–Crippen LogP) is 5.15. The Hall–Kier alpha value is -4.13. The van der Waals surface area contributed by atoms with Gasteiger partial charge in [0.1, 0.15) is 23.2 Å². The molecule has 1 N–H and O–H groups in total. The molecule has 3 aromatic rings. The van der Waals surface area contributed by atoms with E-state index in [1.807, 2.05) is 31.3 Å². The molecule has 3 aromatic heterocycles. The van der Waals surface area contributed by atoms with Crippen LogP contribution in [0, 0.1) is 16.7 Å². The first-order valence-corrected chi connectivity index (χ1v) is 13.7. The number of aromatic nitrogens is 3. The number of anilines is 1. The molecule has 1 aliphatic rings. The lowest BCUT2D eigenvalue weighted by Gasteiger charge is -2.40. The number of alkyl carbamates (subject to hydrolysis) is 1. The number of amides is 1. The Bertz CT molecular complexity index is 1410. The van der Waals surface area contributed by atoms with E-state index in [2.05, 4.69) is 28.3 Å². The molecule has 0 aliphatic carbocycles. The molecule has 0 saturated carbocycles. The summed E-state index contributed by atoms with van der Waals surface area (Å²) in [5.74, 6) is 1.53. The van der Waals surface area contributed by atoms with E-state index in [0.717, 1.165) is 42.9 Å². The van der Waals surface area contributed by atoms with Gasteiger partial charge in [-0.1, -0.05) is 6.92 Å². The van der Waals surface area contributed by atoms with E-state index < -0.39 is 17.7 Å². The third kappa shape index (κ3) is 6.71. The second-order valence-electron chi connectivity index (χ2n) is 11.7. The normalized spacial score (nSPS) is 15.8. The number of ketones is 1. The molecule has 1 amide bonds. The maximum Gasteiger partial charge on any atom is 0.408 e. The zero-order chi connectivity index (χ0) is 29.1. The molecule has 40 heavy (non-hydrogen) atoms. The van der Waals surface area contributed by atoms with Crippen molar-refractivity contribution in [1.82, 2.24) is 19.9 Å². The fourth-order valence-corrected chi connectivity index (χ4v) is 4.97. The van der Waals surface area contributed by atoms with E-state index in [1.165, 1.54) is 0 Å². The van der Waals surface area contributed by atoms with Crippen LogP contribution in [0.25, 0.3) is 16.6 Å². The summed E-state index contributed by atoms with van der Waals surface area (Å²) in [4.78, 5) is 31.9. The highest BCUT2D eigenvalue weighted by Gasteiger charge is 2.34. The second kappa shape index (κ2) is 11.5. The molecule has 0 spiro atoms. The monoisotopic (exact) mass is 546 g/mol. The Labute approximate surface area is 235 Å². The van der Waals surface area contributed by atoms with Crippen molar-refractivity contribution in [2.24, 2.45) is 5.41 Å². The number of piperidine rings is 1. The summed E-state index contributed by atoms with van der Waals surface area (Å²) in [6.07, 6.45) is 6.62. The molecule has 0 aromatic carbocycles. The van der Waals surface area contributed by atoms with E-state index >= 15 is 0 Å². The molecule has 4 heterocycles. The van der Waals surface area contributed by atoms with Gasteiger partial charge in [0.2, 0.25) is 0 Å². The number of carbonyl (C=O) groups is 2. The minimum absolute atomic E-state index is 0.00138. The molecular formula is C30H38N6O4. The van der Waals surface area contributed by atoms with Gasteiger partial charge in [-0.2, -0.15) is 10.4 Å². The lowest BCUT2D eigenvalue weighted by molar-refractivity contribution is -0.123. The van der Waals surface area contributed by atoms with E-state index in [9.17, 15) is 14.9 Å². The Morgan fingerprint density at radius 1 is 1.23 bits per heavy atom. The summed E-state index contributed by atoms with van der Waals surface area (Å²) in [6, 6.07) is 7.52. The summed E-state index contributed by atoms with van der Waals surface area (Å²) < 4.78 is 12.7. The van der Waals surface area contributed by atoms with Crippen molar-refractivity contribution in [3.63, 3.8) is 0 Å². The van der Waals surface area contributed by atoms with E-state index in [1.54, 1.807) is 44.6 Å². The number of pyridine rings is 2. The van der Waals surface area contributed by atoms with Gasteiger partial charge < -0.3 is 19.7 Å². The third-order valence-corrected chi connectivity index (χ3v) is 7.19. The Morgan fingerprint density at radius 3 is 2.55 bits per heavy atom. The number of rotatable bonds is 8. The van der Waals surface area contributed by atoms with Crippen LogP contribution in [0.2, 0.25) is 0 Å². The van der Waals surface area contributed by atoms with Crippen molar-refractivity contribution in [1.29, 1.82) is 5.26 Å². The fourth-order valence-electron chi connectivity index (χ4n) is 4.97. The van der Waals surface area contributed by atoms with Crippen LogP contribution < -0.4 is 15.0 Å². The number of hydrogen-bond acceptors (Lipinski definition) is 8. The van der Waals surface area contributed by atoms with Crippen LogP contribution >= 0.6 is 0 Å². The van der Waals surface area contributed by atoms with Crippen LogP contribution in [0.3, 0.4) is 0 Å². The first-order valence-electron chi connectivity index (χ1n) is 13.7. The van der Waals surface area contributed by atoms with Gasteiger partial charge in [0.15, 0.2) is 5.78 Å². The van der Waals surface area contributed by atoms with Gasteiger partial charge in [0.05, 0.1) is 36.1 Å². The van der Waals surface area contributed by atoms with E-state index in [-0.39, 0.29) is 11.2 Å². The summed E-state index contributed by atoms with van der Waals surface area (Å²) in [5.41, 5.74) is 2.14. The average molecular weight is 547 g/mol. The zero-order valence-electron chi connectivity index (χ0n) is 24.2. The Balaban J connectivity index is 1.41. The molecular weight excluding hydrogens is 508 g/mol. The molecule has 1 fully saturated rings. The van der Waals surface area contributed by atoms with Crippen LogP contribution in [0.4, 0.5) is 10.6 Å². The Kier molecular flexibility index (Phi) is 8.33. The van der Waals surface area contributed by atoms with E-state index in [4.69, 9.17) is 14.5 Å². The Morgan fingerprint density at radius 2 is 1.95 bits per heavy atom. The predicted molar refractivity (Wildman–Crippen MR) is 152 cm³/mol. The number of nitriles is 1. The molecule has 0 unspecified atom stereocenters. The lowest BCUT2D eigenvalue weighted by atomic mass is 9.75. The van der Waals surface area contributed by atoms with Gasteiger partial charge in [-0.25, -0.2) is 14.3 Å². The molecule has 10 nitrogen and oxygen atoms in total. The number of ether oxygens (including phenoxy) is 2.